The summed E-state index contributed by atoms with van der Waals surface area (Å²) in [7, 11) is 1.03. The smallest absolute Gasteiger partial charge is 0.199 e. The van der Waals surface area contributed by atoms with E-state index in [1.165, 1.54) is 62.1 Å². The van der Waals surface area contributed by atoms with Crippen molar-refractivity contribution < 1.29 is 4.74 Å². The lowest BCUT2D eigenvalue weighted by Crippen LogP contribution is -2.01. The minimum Gasteiger partial charge on any atom is -0.470 e. The molecule has 0 atom stereocenters. The summed E-state index contributed by atoms with van der Waals surface area (Å²) in [5.41, 5.74) is 5.21. The molecule has 0 saturated heterocycles. The van der Waals surface area contributed by atoms with Gasteiger partial charge in [-0.05, 0) is 83.5 Å². The van der Waals surface area contributed by atoms with Gasteiger partial charge in [0.05, 0.1) is 9.52 Å². The van der Waals surface area contributed by atoms with E-state index in [4.69, 9.17) is 4.74 Å². The van der Waals surface area contributed by atoms with Gasteiger partial charge in [0.15, 0.2) is 2.12 Å². The average molecular weight is 568 g/mol. The molecule has 0 spiro atoms. The number of allylic oxidation sites excluding steroid dienone is 1. The molecule has 1 aromatic rings. The minimum absolute atomic E-state index is 0.193. The van der Waals surface area contributed by atoms with Crippen LogP contribution in [0.25, 0.3) is 0 Å². The quantitative estimate of drug-likeness (QED) is 0.103. The van der Waals surface area contributed by atoms with Crippen molar-refractivity contribution in [2.75, 3.05) is 0 Å². The van der Waals surface area contributed by atoms with E-state index in [1.54, 1.807) is 0 Å². The summed E-state index contributed by atoms with van der Waals surface area (Å²) in [6.07, 6.45) is 10.7. The summed E-state index contributed by atoms with van der Waals surface area (Å²) < 4.78 is 6.07. The van der Waals surface area contributed by atoms with Gasteiger partial charge in [-0.3, -0.25) is 0 Å². The van der Waals surface area contributed by atoms with E-state index in [2.05, 4.69) is 89.0 Å². The predicted octanol–water partition coefficient (Wildman–Crippen LogP) is 7.54. The van der Waals surface area contributed by atoms with Gasteiger partial charge in [0.1, 0.15) is 5.75 Å². The van der Waals surface area contributed by atoms with Gasteiger partial charge in [-0.1, -0.05) is 68.3 Å². The van der Waals surface area contributed by atoms with Crippen LogP contribution in [-0.4, -0.2) is 11.6 Å². The number of rotatable bonds is 13. The predicted molar refractivity (Wildman–Crippen MR) is 125 cm³/mol. The van der Waals surface area contributed by atoms with Crippen molar-refractivity contribution in [1.29, 1.82) is 0 Å². The third kappa shape index (κ3) is 11.9. The summed E-state index contributed by atoms with van der Waals surface area (Å²) in [5, 5.41) is 0. The number of benzene rings is 1. The first-order valence-corrected chi connectivity index (χ1v) is 12.8. The number of para-hydroxylation sites is 1. The molecule has 134 valence electrons. The van der Waals surface area contributed by atoms with Crippen molar-refractivity contribution in [3.05, 3.63) is 41.1 Å². The average Bonchev–Trinajstić information content (AvgIpc) is 2.53. The number of halogens is 2. The summed E-state index contributed by atoms with van der Waals surface area (Å²) in [6.45, 7) is 4.39. The molecule has 2 radical (unpaired) electrons. The van der Waals surface area contributed by atoms with Crippen LogP contribution in [0.1, 0.15) is 64.4 Å². The molecule has 0 aliphatic heterocycles. The molecule has 0 fully saturated rings. The molecule has 4 heteroatoms. The molecular weight excluding hydrogens is 538 g/mol. The second-order valence-corrected chi connectivity index (χ2v) is 12.2. The van der Waals surface area contributed by atoms with Gasteiger partial charge in [-0.25, -0.2) is 0 Å². The third-order valence-corrected chi connectivity index (χ3v) is 5.78. The van der Waals surface area contributed by atoms with Crippen LogP contribution in [0.2, 0.25) is 6.04 Å². The second-order valence-electron chi connectivity index (χ2n) is 6.39. The molecule has 1 rings (SSSR count). The van der Waals surface area contributed by atoms with Crippen molar-refractivity contribution >= 4 is 54.7 Å². The number of hydrogen-bond acceptors (Lipinski definition) is 1. The van der Waals surface area contributed by atoms with Gasteiger partial charge in [0.2, 0.25) is 0 Å². The molecule has 0 amide bonds. The van der Waals surface area contributed by atoms with Crippen molar-refractivity contribution in [2.45, 2.75) is 73.4 Å². The van der Waals surface area contributed by atoms with E-state index in [0.29, 0.717) is 0 Å². The maximum atomic E-state index is 5.87. The zero-order valence-electron chi connectivity index (χ0n) is 15.0. The summed E-state index contributed by atoms with van der Waals surface area (Å²) in [6, 6.07) is 9.87. The zero-order valence-corrected chi connectivity index (χ0v) is 20.3. The van der Waals surface area contributed by atoms with Crippen molar-refractivity contribution in [3.63, 3.8) is 0 Å². The topological polar surface area (TPSA) is 9.23 Å². The Morgan fingerprint density at radius 2 is 1.62 bits per heavy atom. The standard InChI is InChI=1S/C20H30I2OSi/c1-17(2)16-24-15-11-7-5-3-4-6-8-12-18-13-9-10-14-19(18)23-20(21)22/h9-10,13-14,16,20H,3-8,11-12,15H2,1-2H3. The van der Waals surface area contributed by atoms with Crippen LogP contribution in [0, 0.1) is 0 Å². The summed E-state index contributed by atoms with van der Waals surface area (Å²) in [4.78, 5) is 0. The first-order valence-electron chi connectivity index (χ1n) is 8.99. The highest BCUT2D eigenvalue weighted by atomic mass is 127. The van der Waals surface area contributed by atoms with E-state index >= 15 is 0 Å². The Bertz CT molecular complexity index is 470. The van der Waals surface area contributed by atoms with E-state index in [0.717, 1.165) is 21.7 Å². The molecule has 0 aliphatic carbocycles. The van der Waals surface area contributed by atoms with Crippen molar-refractivity contribution in [3.8, 4) is 5.75 Å². The molecule has 24 heavy (non-hydrogen) atoms. The van der Waals surface area contributed by atoms with Crippen molar-refractivity contribution in [2.24, 2.45) is 0 Å². The number of aryl methyl sites for hydroxylation is 1. The maximum absolute atomic E-state index is 5.87. The highest BCUT2D eigenvalue weighted by Crippen LogP contribution is 2.25. The lowest BCUT2D eigenvalue weighted by Gasteiger charge is -2.12. The molecule has 0 unspecified atom stereocenters. The molecule has 0 aromatic heterocycles. The van der Waals surface area contributed by atoms with Crippen LogP contribution in [0.15, 0.2) is 35.5 Å². The summed E-state index contributed by atoms with van der Waals surface area (Å²) in [5.74, 6) is 1.06. The van der Waals surface area contributed by atoms with E-state index < -0.39 is 0 Å². The second kappa shape index (κ2) is 14.6. The Balaban J connectivity index is 2.04. The molecule has 0 aliphatic rings. The third-order valence-electron chi connectivity index (χ3n) is 3.85. The van der Waals surface area contributed by atoms with Crippen LogP contribution >= 0.6 is 45.2 Å². The van der Waals surface area contributed by atoms with Gasteiger partial charge in [-0.2, -0.15) is 0 Å². The maximum Gasteiger partial charge on any atom is 0.199 e. The molecular formula is C20H30I2OSi. The normalized spacial score (nSPS) is 10.9. The zero-order chi connectivity index (χ0) is 17.6. The van der Waals surface area contributed by atoms with E-state index in [1.807, 2.05) is 0 Å². The van der Waals surface area contributed by atoms with Crippen LogP contribution in [-0.2, 0) is 6.42 Å². The first-order chi connectivity index (χ1) is 11.6. The van der Waals surface area contributed by atoms with E-state index in [9.17, 15) is 0 Å². The largest absolute Gasteiger partial charge is 0.470 e. The molecule has 1 aromatic carbocycles. The number of ether oxygens (including phenoxy) is 1. The lowest BCUT2D eigenvalue weighted by atomic mass is 10.0. The highest BCUT2D eigenvalue weighted by Gasteiger charge is 2.05. The number of unbranched alkanes of at least 4 members (excludes halogenated alkanes) is 6. The highest BCUT2D eigenvalue weighted by molar-refractivity contribution is 14.2. The fourth-order valence-corrected chi connectivity index (χ4v) is 4.18. The Morgan fingerprint density at radius 1 is 1.00 bits per heavy atom. The monoisotopic (exact) mass is 568 g/mol. The Labute approximate surface area is 178 Å². The lowest BCUT2D eigenvalue weighted by molar-refractivity contribution is 0.385. The Hall–Kier alpha value is 0.437. The van der Waals surface area contributed by atoms with Gasteiger partial charge in [-0.15, -0.1) is 5.70 Å². The minimum atomic E-state index is 0.193. The molecule has 1 nitrogen and oxygen atoms in total. The SMILES string of the molecule is CC(C)=C[Si]CCCCCCCCCc1ccccc1OC(I)I. The Morgan fingerprint density at radius 3 is 2.29 bits per heavy atom. The summed E-state index contributed by atoms with van der Waals surface area (Å²) >= 11 is 4.60. The van der Waals surface area contributed by atoms with E-state index in [-0.39, 0.29) is 2.12 Å². The van der Waals surface area contributed by atoms with Crippen LogP contribution < -0.4 is 4.74 Å². The number of alkyl halides is 2. The molecule has 0 bridgehead atoms. The van der Waals surface area contributed by atoms with Gasteiger partial charge >= 0.3 is 0 Å². The molecule has 0 saturated carbocycles. The fourth-order valence-electron chi connectivity index (χ4n) is 2.62. The Kier molecular flexibility index (Phi) is 13.7. The van der Waals surface area contributed by atoms with Crippen LogP contribution in [0.5, 0.6) is 5.75 Å². The number of hydrogen-bond donors (Lipinski definition) is 0. The molecule has 0 heterocycles. The van der Waals surface area contributed by atoms with Gasteiger partial charge in [0, 0.05) is 0 Å². The van der Waals surface area contributed by atoms with Gasteiger partial charge < -0.3 is 4.74 Å². The van der Waals surface area contributed by atoms with Crippen molar-refractivity contribution in [1.82, 2.24) is 0 Å². The van der Waals surface area contributed by atoms with Gasteiger partial charge in [0.25, 0.3) is 0 Å². The molecule has 0 N–H and O–H groups in total. The van der Waals surface area contributed by atoms with Crippen LogP contribution in [0.4, 0.5) is 0 Å². The van der Waals surface area contributed by atoms with Crippen LogP contribution in [0.3, 0.4) is 0 Å². The fraction of sp³-hybridized carbons (Fsp3) is 0.600. The first kappa shape index (κ1) is 22.5.